The fraction of sp³-hybridized carbons (Fsp3) is 0.333. The molecule has 1 atom stereocenters. The van der Waals surface area contributed by atoms with Crippen LogP contribution in [0.5, 0.6) is 0 Å². The van der Waals surface area contributed by atoms with E-state index in [4.69, 9.17) is 4.98 Å². The Morgan fingerprint density at radius 1 is 1.15 bits per heavy atom. The van der Waals surface area contributed by atoms with E-state index in [0.717, 1.165) is 49.3 Å². The van der Waals surface area contributed by atoms with Crippen LogP contribution in [0.4, 0.5) is 0 Å². The molecule has 2 aliphatic rings. The third-order valence-corrected chi connectivity index (χ3v) is 5.86. The number of carbonyl (C=O) groups excluding carboxylic acids is 1. The summed E-state index contributed by atoms with van der Waals surface area (Å²) in [6.45, 7) is 1.49. The molecule has 1 unspecified atom stereocenters. The molecule has 1 aliphatic carbocycles. The average molecular weight is 359 g/mol. The molecule has 0 saturated carbocycles. The standard InChI is InChI=1S/C21H21N5O/c27-20(17-12-22-14-24-17)26-10-4-8-21(13-26)9-7-16-11-23-19(25-18(16)21)15-5-2-1-3-6-15/h1-3,5-6,11-12,14H,4,7-10,13H2,(H,22,24). The normalized spacial score (nSPS) is 21.4. The Balaban J connectivity index is 1.49. The van der Waals surface area contributed by atoms with Crippen LogP contribution in [0.3, 0.4) is 0 Å². The molecule has 1 fully saturated rings. The van der Waals surface area contributed by atoms with Crippen LogP contribution in [0.15, 0.2) is 49.1 Å². The lowest BCUT2D eigenvalue weighted by Gasteiger charge is -2.40. The SMILES string of the molecule is O=C(c1cnc[nH]1)N1CCCC2(CCc3cnc(-c4ccccc4)nc32)C1. The second-order valence-electron chi connectivity index (χ2n) is 7.51. The zero-order valence-electron chi connectivity index (χ0n) is 15.1. The molecule has 1 amide bonds. The number of H-pyrrole nitrogens is 1. The third-order valence-electron chi connectivity index (χ3n) is 5.86. The maximum Gasteiger partial charge on any atom is 0.271 e. The number of hydrogen-bond acceptors (Lipinski definition) is 4. The molecule has 1 N–H and O–H groups in total. The second kappa shape index (κ2) is 6.30. The van der Waals surface area contributed by atoms with Crippen LogP contribution in [0.25, 0.3) is 11.4 Å². The van der Waals surface area contributed by atoms with Crippen molar-refractivity contribution in [3.8, 4) is 11.4 Å². The summed E-state index contributed by atoms with van der Waals surface area (Å²) in [6.07, 6.45) is 9.20. The molecule has 1 saturated heterocycles. The van der Waals surface area contributed by atoms with Crippen molar-refractivity contribution >= 4 is 5.91 Å². The van der Waals surface area contributed by atoms with Crippen molar-refractivity contribution in [1.29, 1.82) is 0 Å². The van der Waals surface area contributed by atoms with E-state index in [1.54, 1.807) is 12.5 Å². The highest BCUT2D eigenvalue weighted by Crippen LogP contribution is 2.44. The lowest BCUT2D eigenvalue weighted by Crippen LogP contribution is -2.48. The molecule has 1 spiro atoms. The maximum absolute atomic E-state index is 12.8. The number of hydrogen-bond donors (Lipinski definition) is 1. The first kappa shape index (κ1) is 16.2. The minimum Gasteiger partial charge on any atom is -0.341 e. The van der Waals surface area contributed by atoms with Crippen molar-refractivity contribution in [2.75, 3.05) is 13.1 Å². The predicted molar refractivity (Wildman–Crippen MR) is 101 cm³/mol. The number of aryl methyl sites for hydroxylation is 1. The number of aromatic amines is 1. The lowest BCUT2D eigenvalue weighted by molar-refractivity contribution is 0.0628. The van der Waals surface area contributed by atoms with Gasteiger partial charge in [0.25, 0.3) is 5.91 Å². The Kier molecular flexibility index (Phi) is 3.77. The van der Waals surface area contributed by atoms with Crippen LogP contribution in [0.1, 0.15) is 41.0 Å². The second-order valence-corrected chi connectivity index (χ2v) is 7.51. The van der Waals surface area contributed by atoms with E-state index >= 15 is 0 Å². The zero-order chi connectivity index (χ0) is 18.3. The molecule has 0 bridgehead atoms. The van der Waals surface area contributed by atoms with Crippen molar-refractivity contribution in [2.24, 2.45) is 0 Å². The van der Waals surface area contributed by atoms with Crippen LogP contribution < -0.4 is 0 Å². The minimum atomic E-state index is -0.0598. The van der Waals surface area contributed by atoms with Crippen LogP contribution in [-0.2, 0) is 11.8 Å². The number of amides is 1. The van der Waals surface area contributed by atoms with E-state index in [-0.39, 0.29) is 11.3 Å². The quantitative estimate of drug-likeness (QED) is 0.763. The van der Waals surface area contributed by atoms with Crippen molar-refractivity contribution in [1.82, 2.24) is 24.8 Å². The van der Waals surface area contributed by atoms with Gasteiger partial charge in [-0.05, 0) is 31.2 Å². The number of benzene rings is 1. The van der Waals surface area contributed by atoms with E-state index in [9.17, 15) is 4.79 Å². The summed E-state index contributed by atoms with van der Waals surface area (Å²) in [7, 11) is 0. The van der Waals surface area contributed by atoms with Crippen LogP contribution in [0, 0.1) is 0 Å². The first-order valence-electron chi connectivity index (χ1n) is 9.45. The molecule has 1 aromatic carbocycles. The molecule has 3 aromatic rings. The van der Waals surface area contributed by atoms with Gasteiger partial charge >= 0.3 is 0 Å². The van der Waals surface area contributed by atoms with E-state index in [1.165, 1.54) is 5.56 Å². The van der Waals surface area contributed by atoms with E-state index < -0.39 is 0 Å². The van der Waals surface area contributed by atoms with Gasteiger partial charge in [-0.3, -0.25) is 4.79 Å². The molecule has 3 heterocycles. The summed E-state index contributed by atoms with van der Waals surface area (Å²) in [5.41, 5.74) is 3.89. The summed E-state index contributed by atoms with van der Waals surface area (Å²) >= 11 is 0. The molecular weight excluding hydrogens is 338 g/mol. The Hall–Kier alpha value is -3.02. The molecule has 136 valence electrons. The van der Waals surface area contributed by atoms with Gasteiger partial charge in [-0.15, -0.1) is 0 Å². The van der Waals surface area contributed by atoms with E-state index in [2.05, 4.69) is 15.0 Å². The Bertz CT molecular complexity index is 966. The predicted octanol–water partition coefficient (Wildman–Crippen LogP) is 2.99. The highest BCUT2D eigenvalue weighted by molar-refractivity contribution is 5.92. The first-order valence-corrected chi connectivity index (χ1v) is 9.45. The molecule has 5 rings (SSSR count). The highest BCUT2D eigenvalue weighted by Gasteiger charge is 2.45. The van der Waals surface area contributed by atoms with Gasteiger partial charge in [0.15, 0.2) is 5.82 Å². The monoisotopic (exact) mass is 359 g/mol. The molecular formula is C21H21N5O. The zero-order valence-corrected chi connectivity index (χ0v) is 15.1. The number of piperidine rings is 1. The van der Waals surface area contributed by atoms with Crippen molar-refractivity contribution < 1.29 is 4.79 Å². The third kappa shape index (κ3) is 2.72. The molecule has 6 heteroatoms. The summed E-state index contributed by atoms with van der Waals surface area (Å²) in [6, 6.07) is 10.1. The van der Waals surface area contributed by atoms with Crippen molar-refractivity contribution in [3.05, 3.63) is 66.0 Å². The number of rotatable bonds is 2. The minimum absolute atomic E-state index is 0.0253. The van der Waals surface area contributed by atoms with Gasteiger partial charge in [0.1, 0.15) is 5.69 Å². The van der Waals surface area contributed by atoms with Gasteiger partial charge in [-0.2, -0.15) is 0 Å². The highest BCUT2D eigenvalue weighted by atomic mass is 16.2. The van der Waals surface area contributed by atoms with Crippen molar-refractivity contribution in [3.63, 3.8) is 0 Å². The fourth-order valence-electron chi connectivity index (χ4n) is 4.51. The molecule has 27 heavy (non-hydrogen) atoms. The topological polar surface area (TPSA) is 74.8 Å². The van der Waals surface area contributed by atoms with Gasteiger partial charge in [0.05, 0.1) is 18.2 Å². The largest absolute Gasteiger partial charge is 0.341 e. The number of nitrogens with zero attached hydrogens (tertiary/aromatic N) is 4. The number of carbonyl (C=O) groups is 1. The smallest absolute Gasteiger partial charge is 0.271 e. The van der Waals surface area contributed by atoms with Crippen LogP contribution >= 0.6 is 0 Å². The number of imidazole rings is 1. The molecule has 2 aromatic heterocycles. The number of aromatic nitrogens is 4. The van der Waals surface area contributed by atoms with Gasteiger partial charge in [0.2, 0.25) is 0 Å². The summed E-state index contributed by atoms with van der Waals surface area (Å²) in [5, 5.41) is 0. The van der Waals surface area contributed by atoms with E-state index in [1.807, 2.05) is 41.4 Å². The number of nitrogens with one attached hydrogen (secondary N) is 1. The van der Waals surface area contributed by atoms with Crippen LogP contribution in [0.2, 0.25) is 0 Å². The van der Waals surface area contributed by atoms with E-state index in [0.29, 0.717) is 12.2 Å². The van der Waals surface area contributed by atoms with Gasteiger partial charge < -0.3 is 9.88 Å². The Morgan fingerprint density at radius 2 is 2.04 bits per heavy atom. The summed E-state index contributed by atoms with van der Waals surface area (Å²) in [5.74, 6) is 0.796. The number of fused-ring (bicyclic) bond motifs is 2. The van der Waals surface area contributed by atoms with Crippen LogP contribution in [-0.4, -0.2) is 43.8 Å². The Labute approximate surface area is 157 Å². The van der Waals surface area contributed by atoms with Gasteiger partial charge in [-0.25, -0.2) is 15.0 Å². The molecule has 0 radical (unpaired) electrons. The van der Waals surface area contributed by atoms with Gasteiger partial charge in [0, 0.05) is 30.3 Å². The average Bonchev–Trinajstić information content (AvgIpc) is 3.37. The summed E-state index contributed by atoms with van der Waals surface area (Å²) < 4.78 is 0. The first-order chi connectivity index (χ1) is 13.3. The number of likely N-dealkylation sites (tertiary alicyclic amines) is 1. The molecule has 1 aliphatic heterocycles. The molecule has 6 nitrogen and oxygen atoms in total. The van der Waals surface area contributed by atoms with Gasteiger partial charge in [-0.1, -0.05) is 30.3 Å². The summed E-state index contributed by atoms with van der Waals surface area (Å²) in [4.78, 5) is 31.3. The Morgan fingerprint density at radius 3 is 2.85 bits per heavy atom. The lowest BCUT2D eigenvalue weighted by atomic mass is 9.77. The van der Waals surface area contributed by atoms with Crippen molar-refractivity contribution in [2.45, 2.75) is 31.1 Å². The fourth-order valence-corrected chi connectivity index (χ4v) is 4.51. The maximum atomic E-state index is 12.8.